The second-order valence-corrected chi connectivity index (χ2v) is 7.91. The van der Waals surface area contributed by atoms with Crippen LogP contribution in [-0.2, 0) is 4.79 Å². The Hall–Kier alpha value is -3.05. The monoisotopic (exact) mass is 456 g/mol. The number of fused-ring (bicyclic) bond motifs is 2. The zero-order valence-electron chi connectivity index (χ0n) is 17.1. The van der Waals surface area contributed by atoms with Crippen molar-refractivity contribution in [2.24, 2.45) is 0 Å². The number of rotatable bonds is 6. The van der Waals surface area contributed by atoms with Gasteiger partial charge in [0.2, 0.25) is 11.9 Å². The Morgan fingerprint density at radius 1 is 1.31 bits per heavy atom. The third kappa shape index (κ3) is 4.73. The lowest BCUT2D eigenvalue weighted by Crippen LogP contribution is -2.43. The molecule has 0 aliphatic carbocycles. The maximum Gasteiger partial charge on any atom is 0.389 e. The molecule has 4 heterocycles. The van der Waals surface area contributed by atoms with E-state index in [0.717, 1.165) is 10.9 Å². The SMILES string of the molecule is CC(F)n1cc(Nc2ncc(F)c(C3=CC4CCC(C3)N4C(=O)CCC(F)(F)F)n2)cn1. The summed E-state index contributed by atoms with van der Waals surface area (Å²) in [5, 5.41) is 6.70. The molecule has 2 aromatic rings. The lowest BCUT2D eigenvalue weighted by Gasteiger charge is -2.34. The van der Waals surface area contributed by atoms with Gasteiger partial charge in [-0.05, 0) is 31.8 Å². The van der Waals surface area contributed by atoms with E-state index in [1.165, 1.54) is 24.2 Å². The van der Waals surface area contributed by atoms with E-state index in [0.29, 0.717) is 30.5 Å². The van der Waals surface area contributed by atoms with Gasteiger partial charge in [0.05, 0.1) is 36.7 Å². The van der Waals surface area contributed by atoms with Crippen molar-refractivity contribution in [3.63, 3.8) is 0 Å². The van der Waals surface area contributed by atoms with Crippen molar-refractivity contribution in [2.75, 3.05) is 5.32 Å². The molecule has 2 aliphatic heterocycles. The van der Waals surface area contributed by atoms with Gasteiger partial charge in [-0.3, -0.25) is 4.79 Å². The van der Waals surface area contributed by atoms with Crippen LogP contribution >= 0.6 is 0 Å². The number of carbonyl (C=O) groups is 1. The number of amides is 1. The summed E-state index contributed by atoms with van der Waals surface area (Å²) < 4.78 is 66.4. The number of hydrogen-bond acceptors (Lipinski definition) is 5. The topological polar surface area (TPSA) is 75.9 Å². The average molecular weight is 456 g/mol. The Labute approximate surface area is 180 Å². The van der Waals surface area contributed by atoms with Crippen LogP contribution in [0, 0.1) is 5.82 Å². The fourth-order valence-electron chi connectivity index (χ4n) is 4.15. The number of anilines is 2. The summed E-state index contributed by atoms with van der Waals surface area (Å²) in [5.74, 6) is -1.11. The van der Waals surface area contributed by atoms with Gasteiger partial charge >= 0.3 is 6.18 Å². The molecule has 4 rings (SSSR count). The minimum absolute atomic E-state index is 0.0630. The first-order valence-electron chi connectivity index (χ1n) is 10.2. The molecule has 3 unspecified atom stereocenters. The zero-order valence-corrected chi connectivity index (χ0v) is 17.1. The number of carbonyl (C=O) groups excluding carboxylic acids is 1. The maximum atomic E-state index is 14.5. The number of nitrogens with one attached hydrogen (secondary N) is 1. The molecule has 12 heteroatoms. The summed E-state index contributed by atoms with van der Waals surface area (Å²) in [6.07, 6.45) is -0.438. The van der Waals surface area contributed by atoms with E-state index in [2.05, 4.69) is 20.4 Å². The highest BCUT2D eigenvalue weighted by Gasteiger charge is 2.41. The Morgan fingerprint density at radius 2 is 2.09 bits per heavy atom. The Bertz CT molecular complexity index is 1030. The van der Waals surface area contributed by atoms with E-state index in [1.807, 2.05) is 0 Å². The third-order valence-corrected chi connectivity index (χ3v) is 5.58. The van der Waals surface area contributed by atoms with Crippen LogP contribution < -0.4 is 5.32 Å². The van der Waals surface area contributed by atoms with Gasteiger partial charge in [0.15, 0.2) is 12.1 Å². The standard InChI is InChI=1S/C20H21F5N6O/c1-11(21)30-10-13(8-27-30)28-19-26-9-16(22)18(29-19)12-6-14-2-3-15(7-12)31(14)17(32)4-5-20(23,24)25/h6,8-11,14-15H,2-5,7H2,1H3,(H,26,28,29). The van der Waals surface area contributed by atoms with Crippen LogP contribution in [0.2, 0.25) is 0 Å². The highest BCUT2D eigenvalue weighted by atomic mass is 19.4. The summed E-state index contributed by atoms with van der Waals surface area (Å²) in [5.41, 5.74) is 1.06. The molecule has 1 fully saturated rings. The molecule has 7 nitrogen and oxygen atoms in total. The summed E-state index contributed by atoms with van der Waals surface area (Å²) in [4.78, 5) is 22.0. The minimum Gasteiger partial charge on any atom is -0.333 e. The molecule has 2 aliphatic rings. The number of aromatic nitrogens is 4. The normalized spacial score (nSPS) is 21.4. The molecule has 2 bridgehead atoms. The average Bonchev–Trinajstić information content (AvgIpc) is 3.29. The molecule has 0 spiro atoms. The fraction of sp³-hybridized carbons (Fsp3) is 0.500. The Balaban J connectivity index is 1.51. The Morgan fingerprint density at radius 3 is 2.75 bits per heavy atom. The first-order chi connectivity index (χ1) is 15.1. The van der Waals surface area contributed by atoms with Crippen LogP contribution in [0.3, 0.4) is 0 Å². The maximum absolute atomic E-state index is 14.5. The molecule has 0 aromatic carbocycles. The molecule has 1 amide bonds. The van der Waals surface area contributed by atoms with E-state index >= 15 is 0 Å². The lowest BCUT2D eigenvalue weighted by atomic mass is 9.97. The van der Waals surface area contributed by atoms with Crippen molar-refractivity contribution in [3.05, 3.63) is 36.2 Å². The molecule has 3 atom stereocenters. The molecule has 0 radical (unpaired) electrons. The smallest absolute Gasteiger partial charge is 0.333 e. The van der Waals surface area contributed by atoms with Crippen molar-refractivity contribution >= 4 is 23.1 Å². The van der Waals surface area contributed by atoms with Crippen LogP contribution in [0.1, 0.15) is 51.0 Å². The highest BCUT2D eigenvalue weighted by molar-refractivity contribution is 5.80. The molecule has 172 valence electrons. The van der Waals surface area contributed by atoms with Gasteiger partial charge in [-0.2, -0.15) is 18.3 Å². The van der Waals surface area contributed by atoms with Gasteiger partial charge in [-0.1, -0.05) is 6.08 Å². The predicted octanol–water partition coefficient (Wildman–Crippen LogP) is 4.53. The van der Waals surface area contributed by atoms with Crippen molar-refractivity contribution in [1.82, 2.24) is 24.6 Å². The molecule has 1 saturated heterocycles. The lowest BCUT2D eigenvalue weighted by molar-refractivity contribution is -0.150. The van der Waals surface area contributed by atoms with Crippen molar-refractivity contribution in [2.45, 2.75) is 63.6 Å². The van der Waals surface area contributed by atoms with E-state index < -0.39 is 37.0 Å². The van der Waals surface area contributed by atoms with Gasteiger partial charge in [0, 0.05) is 12.5 Å². The number of nitrogens with zero attached hydrogens (tertiary/aromatic N) is 5. The van der Waals surface area contributed by atoms with E-state index in [4.69, 9.17) is 0 Å². The van der Waals surface area contributed by atoms with Crippen LogP contribution in [0.4, 0.5) is 33.6 Å². The number of alkyl halides is 4. The van der Waals surface area contributed by atoms with Crippen LogP contribution in [0.5, 0.6) is 0 Å². The summed E-state index contributed by atoms with van der Waals surface area (Å²) >= 11 is 0. The molecule has 2 aromatic heterocycles. The fourth-order valence-corrected chi connectivity index (χ4v) is 4.15. The predicted molar refractivity (Wildman–Crippen MR) is 105 cm³/mol. The van der Waals surface area contributed by atoms with Gasteiger partial charge < -0.3 is 10.2 Å². The second kappa shape index (κ2) is 8.47. The molecule has 32 heavy (non-hydrogen) atoms. The van der Waals surface area contributed by atoms with Gasteiger partial charge in [-0.25, -0.2) is 23.4 Å². The quantitative estimate of drug-likeness (QED) is 0.647. The van der Waals surface area contributed by atoms with E-state index in [9.17, 15) is 26.7 Å². The van der Waals surface area contributed by atoms with Gasteiger partial charge in [-0.15, -0.1) is 0 Å². The molecule has 1 N–H and O–H groups in total. The van der Waals surface area contributed by atoms with E-state index in [1.54, 1.807) is 6.08 Å². The van der Waals surface area contributed by atoms with Crippen molar-refractivity contribution < 1.29 is 26.7 Å². The van der Waals surface area contributed by atoms with Crippen molar-refractivity contribution in [1.29, 1.82) is 0 Å². The van der Waals surface area contributed by atoms with Crippen molar-refractivity contribution in [3.8, 4) is 0 Å². The highest BCUT2D eigenvalue weighted by Crippen LogP contribution is 2.39. The summed E-state index contributed by atoms with van der Waals surface area (Å²) in [6, 6.07) is -0.685. The van der Waals surface area contributed by atoms with E-state index in [-0.39, 0.29) is 23.7 Å². The van der Waals surface area contributed by atoms with Crippen LogP contribution in [0.25, 0.3) is 5.57 Å². The number of hydrogen-bond donors (Lipinski definition) is 1. The first-order valence-corrected chi connectivity index (χ1v) is 10.2. The van der Waals surface area contributed by atoms with Gasteiger partial charge in [0.25, 0.3) is 0 Å². The summed E-state index contributed by atoms with van der Waals surface area (Å²) in [7, 11) is 0. The van der Waals surface area contributed by atoms with Crippen LogP contribution in [0.15, 0.2) is 24.7 Å². The zero-order chi connectivity index (χ0) is 23.0. The second-order valence-electron chi connectivity index (χ2n) is 7.91. The summed E-state index contributed by atoms with van der Waals surface area (Å²) in [6.45, 7) is 1.32. The largest absolute Gasteiger partial charge is 0.389 e. The Kier molecular flexibility index (Phi) is 5.87. The number of halogens is 5. The minimum atomic E-state index is -4.39. The molecular formula is C20H21F5N6O. The third-order valence-electron chi connectivity index (χ3n) is 5.58. The first kappa shape index (κ1) is 22.2. The molecular weight excluding hydrogens is 435 g/mol. The van der Waals surface area contributed by atoms with Crippen LogP contribution in [-0.4, -0.2) is 48.8 Å². The van der Waals surface area contributed by atoms with Gasteiger partial charge in [0.1, 0.15) is 5.69 Å². The molecule has 0 saturated carbocycles.